The molecule has 3 nitrogen and oxygen atoms in total. The van der Waals surface area contributed by atoms with Gasteiger partial charge < -0.3 is 4.55 Å². The molecule has 0 spiro atoms. The second-order valence-corrected chi connectivity index (χ2v) is 5.33. The van der Waals surface area contributed by atoms with Gasteiger partial charge in [-0.25, -0.2) is 4.21 Å². The van der Waals surface area contributed by atoms with Crippen LogP contribution in [0.4, 0.5) is 0 Å². The van der Waals surface area contributed by atoms with Gasteiger partial charge in [0.05, 0.1) is 11.3 Å². The molecular weight excluding hydrogens is 290 g/mol. The summed E-state index contributed by atoms with van der Waals surface area (Å²) in [6.45, 7) is 0. The molecule has 0 aliphatic rings. The van der Waals surface area contributed by atoms with E-state index in [4.69, 9.17) is 4.55 Å². The molecule has 1 aromatic heterocycles. The molecule has 0 aliphatic carbocycles. The lowest BCUT2D eigenvalue weighted by Crippen LogP contribution is -1.99. The average Bonchev–Trinajstić information content (AvgIpc) is 2.26. The zero-order chi connectivity index (χ0) is 11.5. The molecular formula is C11H10BrNO2S. The molecule has 0 amide bonds. The number of halogens is 1. The van der Waals surface area contributed by atoms with Gasteiger partial charge in [-0.15, -0.1) is 0 Å². The van der Waals surface area contributed by atoms with Crippen LogP contribution < -0.4 is 0 Å². The van der Waals surface area contributed by atoms with Crippen molar-refractivity contribution in [2.45, 2.75) is 6.42 Å². The van der Waals surface area contributed by atoms with E-state index in [9.17, 15) is 4.21 Å². The van der Waals surface area contributed by atoms with Crippen LogP contribution in [-0.2, 0) is 17.5 Å². The van der Waals surface area contributed by atoms with Crippen molar-refractivity contribution in [3.8, 4) is 0 Å². The van der Waals surface area contributed by atoms with Gasteiger partial charge in [0.1, 0.15) is 0 Å². The number of aryl methyl sites for hydroxylation is 1. The molecule has 0 saturated carbocycles. The summed E-state index contributed by atoms with van der Waals surface area (Å²) in [5.74, 6) is 0.262. The molecule has 5 heteroatoms. The SMILES string of the molecule is O=S(O)CCc1cc(Br)c2ncccc2c1. The Labute approximate surface area is 104 Å². The van der Waals surface area contributed by atoms with Gasteiger partial charge >= 0.3 is 0 Å². The molecule has 1 N–H and O–H groups in total. The number of nitrogens with zero attached hydrogens (tertiary/aromatic N) is 1. The fraction of sp³-hybridized carbons (Fsp3) is 0.182. The summed E-state index contributed by atoms with van der Waals surface area (Å²) >= 11 is 1.72. The molecule has 1 unspecified atom stereocenters. The Morgan fingerprint density at radius 2 is 2.25 bits per heavy atom. The molecule has 0 aliphatic heterocycles. The van der Waals surface area contributed by atoms with Gasteiger partial charge in [-0.2, -0.15) is 0 Å². The summed E-state index contributed by atoms with van der Waals surface area (Å²) in [7, 11) is 0. The monoisotopic (exact) mass is 299 g/mol. The van der Waals surface area contributed by atoms with Gasteiger partial charge in [0.15, 0.2) is 11.1 Å². The first kappa shape index (κ1) is 11.7. The molecule has 0 radical (unpaired) electrons. The Kier molecular flexibility index (Phi) is 3.68. The number of aromatic nitrogens is 1. The third kappa shape index (κ3) is 2.66. The van der Waals surface area contributed by atoms with Crippen LogP contribution in [-0.4, -0.2) is 19.5 Å². The minimum atomic E-state index is -1.74. The first-order chi connectivity index (χ1) is 7.66. The molecule has 1 heterocycles. The van der Waals surface area contributed by atoms with Gasteiger partial charge in [0.25, 0.3) is 0 Å². The largest absolute Gasteiger partial charge is 0.306 e. The average molecular weight is 300 g/mol. The van der Waals surface area contributed by atoms with Crippen LogP contribution in [0.2, 0.25) is 0 Å². The highest BCUT2D eigenvalue weighted by molar-refractivity contribution is 9.10. The predicted molar refractivity (Wildman–Crippen MR) is 68.8 cm³/mol. The van der Waals surface area contributed by atoms with E-state index in [1.165, 1.54) is 0 Å². The predicted octanol–water partition coefficient (Wildman–Crippen LogP) is 2.76. The van der Waals surface area contributed by atoms with E-state index in [1.807, 2.05) is 24.3 Å². The number of benzene rings is 1. The lowest BCUT2D eigenvalue weighted by molar-refractivity contribution is 0.563. The molecule has 1 atom stereocenters. The standard InChI is InChI=1S/C11H10BrNO2S/c12-10-7-8(3-5-16(14)15)6-9-2-1-4-13-11(9)10/h1-2,4,6-7H,3,5H2,(H,14,15). The maximum absolute atomic E-state index is 10.6. The highest BCUT2D eigenvalue weighted by atomic mass is 79.9. The molecule has 1 aromatic carbocycles. The van der Waals surface area contributed by atoms with E-state index in [1.54, 1.807) is 6.20 Å². The van der Waals surface area contributed by atoms with Crippen LogP contribution in [0.15, 0.2) is 34.9 Å². The number of rotatable bonds is 3. The van der Waals surface area contributed by atoms with E-state index in [0.29, 0.717) is 6.42 Å². The van der Waals surface area contributed by atoms with Crippen molar-refractivity contribution in [3.63, 3.8) is 0 Å². The zero-order valence-electron chi connectivity index (χ0n) is 8.39. The molecule has 16 heavy (non-hydrogen) atoms. The highest BCUT2D eigenvalue weighted by Gasteiger charge is 2.04. The summed E-state index contributed by atoms with van der Waals surface area (Å²) < 4.78 is 20.3. The van der Waals surface area contributed by atoms with Crippen molar-refractivity contribution < 1.29 is 8.76 Å². The van der Waals surface area contributed by atoms with Gasteiger partial charge in [-0.3, -0.25) is 4.98 Å². The number of hydrogen-bond donors (Lipinski definition) is 1. The topological polar surface area (TPSA) is 50.2 Å². The van der Waals surface area contributed by atoms with Crippen LogP contribution in [0.25, 0.3) is 10.9 Å². The minimum absolute atomic E-state index is 0.262. The normalized spacial score (nSPS) is 12.9. The molecule has 0 bridgehead atoms. The lowest BCUT2D eigenvalue weighted by Gasteiger charge is -2.04. The Bertz CT molecular complexity index is 544. The van der Waals surface area contributed by atoms with Crippen molar-refractivity contribution in [3.05, 3.63) is 40.5 Å². The molecule has 84 valence electrons. The Morgan fingerprint density at radius 1 is 1.44 bits per heavy atom. The summed E-state index contributed by atoms with van der Waals surface area (Å²) in [5.41, 5.74) is 1.95. The van der Waals surface area contributed by atoms with E-state index in [2.05, 4.69) is 20.9 Å². The summed E-state index contributed by atoms with van der Waals surface area (Å²) in [6, 6.07) is 7.80. The maximum atomic E-state index is 10.6. The second kappa shape index (κ2) is 5.03. The third-order valence-corrected chi connectivity index (χ3v) is 3.44. The fourth-order valence-electron chi connectivity index (χ4n) is 1.56. The van der Waals surface area contributed by atoms with E-state index < -0.39 is 11.1 Å². The van der Waals surface area contributed by atoms with Crippen molar-refractivity contribution in [1.82, 2.24) is 4.98 Å². The Balaban J connectivity index is 2.38. The van der Waals surface area contributed by atoms with E-state index in [0.717, 1.165) is 20.9 Å². The van der Waals surface area contributed by atoms with Crippen LogP contribution in [0, 0.1) is 0 Å². The highest BCUT2D eigenvalue weighted by Crippen LogP contribution is 2.24. The Morgan fingerprint density at radius 3 is 3.00 bits per heavy atom. The van der Waals surface area contributed by atoms with E-state index >= 15 is 0 Å². The van der Waals surface area contributed by atoms with Gasteiger partial charge in [-0.1, -0.05) is 6.07 Å². The number of fused-ring (bicyclic) bond motifs is 1. The molecule has 2 aromatic rings. The van der Waals surface area contributed by atoms with Crippen LogP contribution in [0.3, 0.4) is 0 Å². The van der Waals surface area contributed by atoms with Crippen LogP contribution in [0.5, 0.6) is 0 Å². The van der Waals surface area contributed by atoms with Crippen molar-refractivity contribution in [2.75, 3.05) is 5.75 Å². The third-order valence-electron chi connectivity index (χ3n) is 2.28. The Hall–Kier alpha value is -0.780. The van der Waals surface area contributed by atoms with Crippen molar-refractivity contribution >= 4 is 37.9 Å². The van der Waals surface area contributed by atoms with Gasteiger partial charge in [0, 0.05) is 16.1 Å². The van der Waals surface area contributed by atoms with E-state index in [-0.39, 0.29) is 5.75 Å². The van der Waals surface area contributed by atoms with Crippen LogP contribution in [0.1, 0.15) is 5.56 Å². The first-order valence-electron chi connectivity index (χ1n) is 4.77. The fourth-order valence-corrected chi connectivity index (χ4v) is 2.59. The first-order valence-corrected chi connectivity index (χ1v) is 6.84. The second-order valence-electron chi connectivity index (χ2n) is 3.43. The van der Waals surface area contributed by atoms with Crippen molar-refractivity contribution in [1.29, 1.82) is 0 Å². The quantitative estimate of drug-likeness (QED) is 0.887. The zero-order valence-corrected chi connectivity index (χ0v) is 10.8. The lowest BCUT2D eigenvalue weighted by atomic mass is 10.1. The maximum Gasteiger partial charge on any atom is 0.153 e. The smallest absolute Gasteiger partial charge is 0.153 e. The summed E-state index contributed by atoms with van der Waals surface area (Å²) in [6.07, 6.45) is 2.34. The van der Waals surface area contributed by atoms with Gasteiger partial charge in [0.2, 0.25) is 0 Å². The van der Waals surface area contributed by atoms with Crippen LogP contribution >= 0.6 is 15.9 Å². The molecule has 0 saturated heterocycles. The minimum Gasteiger partial charge on any atom is -0.306 e. The summed E-state index contributed by atoms with van der Waals surface area (Å²) in [5, 5.41) is 1.04. The van der Waals surface area contributed by atoms with Gasteiger partial charge in [-0.05, 0) is 46.1 Å². The molecule has 0 fully saturated rings. The summed E-state index contributed by atoms with van der Waals surface area (Å²) in [4.78, 5) is 4.26. The number of hydrogen-bond acceptors (Lipinski definition) is 2. The number of pyridine rings is 1. The van der Waals surface area contributed by atoms with Crippen molar-refractivity contribution in [2.24, 2.45) is 0 Å². The molecule has 2 rings (SSSR count).